The molecule has 0 aromatic heterocycles. The third kappa shape index (κ3) is 2.50. The molecule has 1 N–H and O–H groups in total. The van der Waals surface area contributed by atoms with Crippen LogP contribution in [0.1, 0.15) is 31.4 Å². The number of carbonyl (C=O) groups is 1. The molecule has 3 nitrogen and oxygen atoms in total. The van der Waals surface area contributed by atoms with Gasteiger partial charge in [0.05, 0.1) is 12.1 Å². The topological polar surface area (TPSA) is 32.3 Å². The summed E-state index contributed by atoms with van der Waals surface area (Å²) < 4.78 is 0. The van der Waals surface area contributed by atoms with Gasteiger partial charge in [-0.1, -0.05) is 30.3 Å². The first kappa shape index (κ1) is 12.1. The summed E-state index contributed by atoms with van der Waals surface area (Å²) in [7, 11) is 1.86. The van der Waals surface area contributed by atoms with Crippen LogP contribution in [-0.4, -0.2) is 30.4 Å². The molecule has 2 unspecified atom stereocenters. The highest BCUT2D eigenvalue weighted by Gasteiger charge is 2.30. The number of nitrogens with zero attached hydrogens (tertiary/aromatic N) is 1. The van der Waals surface area contributed by atoms with Crippen LogP contribution >= 0.6 is 0 Å². The van der Waals surface area contributed by atoms with Crippen molar-refractivity contribution in [3.63, 3.8) is 0 Å². The molecule has 17 heavy (non-hydrogen) atoms. The molecular weight excluding hydrogens is 212 g/mol. The predicted molar refractivity (Wildman–Crippen MR) is 68.7 cm³/mol. The highest BCUT2D eigenvalue weighted by Crippen LogP contribution is 2.24. The Balaban J connectivity index is 2.14. The van der Waals surface area contributed by atoms with E-state index in [1.165, 1.54) is 5.56 Å². The SMILES string of the molecule is CNC1CCCN(C(C)c2ccccc2)C1=O. The third-order valence-corrected chi connectivity index (χ3v) is 3.57. The van der Waals surface area contributed by atoms with Gasteiger partial charge in [0.1, 0.15) is 0 Å². The largest absolute Gasteiger partial charge is 0.335 e. The second kappa shape index (κ2) is 5.32. The zero-order valence-corrected chi connectivity index (χ0v) is 10.5. The van der Waals surface area contributed by atoms with Crippen molar-refractivity contribution in [1.29, 1.82) is 0 Å². The molecule has 0 aliphatic carbocycles. The summed E-state index contributed by atoms with van der Waals surface area (Å²) in [5.74, 6) is 0.232. The number of piperidine rings is 1. The summed E-state index contributed by atoms with van der Waals surface area (Å²) in [6.07, 6.45) is 2.03. The summed E-state index contributed by atoms with van der Waals surface area (Å²) in [5, 5.41) is 3.10. The maximum atomic E-state index is 12.2. The second-order valence-electron chi connectivity index (χ2n) is 4.60. The van der Waals surface area contributed by atoms with Crippen LogP contribution in [0.25, 0.3) is 0 Å². The lowest BCUT2D eigenvalue weighted by Crippen LogP contribution is -2.50. The summed E-state index contributed by atoms with van der Waals surface area (Å²) >= 11 is 0. The van der Waals surface area contributed by atoms with E-state index in [0.29, 0.717) is 0 Å². The average molecular weight is 232 g/mol. The maximum absolute atomic E-state index is 12.2. The van der Waals surface area contributed by atoms with E-state index in [9.17, 15) is 4.79 Å². The summed E-state index contributed by atoms with van der Waals surface area (Å²) in [4.78, 5) is 14.2. The van der Waals surface area contributed by atoms with Gasteiger partial charge in [-0.05, 0) is 32.4 Å². The Kier molecular flexibility index (Phi) is 3.79. The molecule has 3 heteroatoms. The van der Waals surface area contributed by atoms with Gasteiger partial charge in [-0.3, -0.25) is 4.79 Å². The Morgan fingerprint density at radius 3 is 2.71 bits per heavy atom. The molecule has 0 bridgehead atoms. The van der Waals surface area contributed by atoms with E-state index in [4.69, 9.17) is 0 Å². The Morgan fingerprint density at radius 1 is 1.35 bits per heavy atom. The van der Waals surface area contributed by atoms with Crippen molar-refractivity contribution in [2.75, 3.05) is 13.6 Å². The fourth-order valence-electron chi connectivity index (χ4n) is 2.46. The average Bonchev–Trinajstić information content (AvgIpc) is 2.39. The Labute approximate surface area is 103 Å². The first-order chi connectivity index (χ1) is 8.24. The van der Waals surface area contributed by atoms with E-state index < -0.39 is 0 Å². The van der Waals surface area contributed by atoms with Gasteiger partial charge in [-0.15, -0.1) is 0 Å². The zero-order valence-electron chi connectivity index (χ0n) is 10.5. The summed E-state index contributed by atoms with van der Waals surface area (Å²) in [6.45, 7) is 2.97. The lowest BCUT2D eigenvalue weighted by molar-refractivity contribution is -0.138. The van der Waals surface area contributed by atoms with Gasteiger partial charge in [-0.25, -0.2) is 0 Å². The van der Waals surface area contributed by atoms with Crippen molar-refractivity contribution in [1.82, 2.24) is 10.2 Å². The van der Waals surface area contributed by atoms with E-state index in [-0.39, 0.29) is 18.0 Å². The van der Waals surface area contributed by atoms with Gasteiger partial charge < -0.3 is 10.2 Å². The molecule has 2 rings (SSSR count). The first-order valence-corrected chi connectivity index (χ1v) is 6.26. The molecule has 0 spiro atoms. The maximum Gasteiger partial charge on any atom is 0.240 e. The molecule has 0 radical (unpaired) electrons. The summed E-state index contributed by atoms with van der Waals surface area (Å²) in [5.41, 5.74) is 1.21. The number of rotatable bonds is 3. The summed E-state index contributed by atoms with van der Waals surface area (Å²) in [6, 6.07) is 10.4. The normalized spacial score (nSPS) is 22.6. The second-order valence-corrected chi connectivity index (χ2v) is 4.60. The highest BCUT2D eigenvalue weighted by atomic mass is 16.2. The molecular formula is C14H20N2O. The fraction of sp³-hybridized carbons (Fsp3) is 0.500. The molecule has 1 aromatic rings. The highest BCUT2D eigenvalue weighted by molar-refractivity contribution is 5.83. The Hall–Kier alpha value is -1.35. The lowest BCUT2D eigenvalue weighted by Gasteiger charge is -2.36. The van der Waals surface area contributed by atoms with Crippen molar-refractivity contribution in [2.24, 2.45) is 0 Å². The standard InChI is InChI=1S/C14H20N2O/c1-11(12-7-4-3-5-8-12)16-10-6-9-13(15-2)14(16)17/h3-5,7-8,11,13,15H,6,9-10H2,1-2H3. The predicted octanol–water partition coefficient (Wildman–Crippen LogP) is 1.96. The molecule has 0 saturated carbocycles. The van der Waals surface area contributed by atoms with E-state index in [2.05, 4.69) is 24.4 Å². The molecule has 92 valence electrons. The number of likely N-dealkylation sites (N-methyl/N-ethyl adjacent to an activating group) is 1. The van der Waals surface area contributed by atoms with E-state index >= 15 is 0 Å². The molecule has 1 aliphatic rings. The fourth-order valence-corrected chi connectivity index (χ4v) is 2.46. The minimum absolute atomic E-state index is 0.00471. The van der Waals surface area contributed by atoms with Crippen LogP contribution in [-0.2, 0) is 4.79 Å². The van der Waals surface area contributed by atoms with Gasteiger partial charge in [0.25, 0.3) is 0 Å². The molecule has 2 atom stereocenters. The van der Waals surface area contributed by atoms with Crippen LogP contribution < -0.4 is 5.32 Å². The van der Waals surface area contributed by atoms with Crippen molar-refractivity contribution >= 4 is 5.91 Å². The van der Waals surface area contributed by atoms with Crippen molar-refractivity contribution in [3.05, 3.63) is 35.9 Å². The zero-order chi connectivity index (χ0) is 12.3. The minimum Gasteiger partial charge on any atom is -0.335 e. The number of hydrogen-bond acceptors (Lipinski definition) is 2. The van der Waals surface area contributed by atoms with Crippen molar-refractivity contribution in [3.8, 4) is 0 Å². The monoisotopic (exact) mass is 232 g/mol. The minimum atomic E-state index is -0.00471. The van der Waals surface area contributed by atoms with Crippen LogP contribution in [0.4, 0.5) is 0 Å². The number of carbonyl (C=O) groups excluding carboxylic acids is 1. The quantitative estimate of drug-likeness (QED) is 0.864. The van der Waals surface area contributed by atoms with Crippen LogP contribution in [0.2, 0.25) is 0 Å². The van der Waals surface area contributed by atoms with Gasteiger partial charge in [0, 0.05) is 6.54 Å². The molecule has 1 aromatic carbocycles. The first-order valence-electron chi connectivity index (χ1n) is 6.26. The lowest BCUT2D eigenvalue weighted by atomic mass is 10.00. The third-order valence-electron chi connectivity index (χ3n) is 3.57. The van der Waals surface area contributed by atoms with Gasteiger partial charge >= 0.3 is 0 Å². The molecule has 1 fully saturated rings. The number of hydrogen-bond donors (Lipinski definition) is 1. The van der Waals surface area contributed by atoms with Gasteiger partial charge in [-0.2, -0.15) is 0 Å². The van der Waals surface area contributed by atoms with Crippen molar-refractivity contribution < 1.29 is 4.79 Å². The van der Waals surface area contributed by atoms with Gasteiger partial charge in [0.2, 0.25) is 5.91 Å². The number of likely N-dealkylation sites (tertiary alicyclic amines) is 1. The van der Waals surface area contributed by atoms with Crippen LogP contribution in [0, 0.1) is 0 Å². The van der Waals surface area contributed by atoms with Crippen LogP contribution in [0.3, 0.4) is 0 Å². The van der Waals surface area contributed by atoms with E-state index in [1.807, 2.05) is 30.1 Å². The number of amides is 1. The van der Waals surface area contributed by atoms with Crippen LogP contribution in [0.15, 0.2) is 30.3 Å². The number of benzene rings is 1. The van der Waals surface area contributed by atoms with Gasteiger partial charge in [0.15, 0.2) is 0 Å². The van der Waals surface area contributed by atoms with E-state index in [1.54, 1.807) is 0 Å². The smallest absolute Gasteiger partial charge is 0.240 e. The molecule has 1 aliphatic heterocycles. The Bertz CT molecular complexity index is 377. The molecule has 1 heterocycles. The van der Waals surface area contributed by atoms with Crippen LogP contribution in [0.5, 0.6) is 0 Å². The van der Waals surface area contributed by atoms with Crippen molar-refractivity contribution in [2.45, 2.75) is 31.8 Å². The van der Waals surface area contributed by atoms with E-state index in [0.717, 1.165) is 19.4 Å². The molecule has 1 saturated heterocycles. The Morgan fingerprint density at radius 2 is 2.06 bits per heavy atom. The molecule has 1 amide bonds. The number of nitrogens with one attached hydrogen (secondary N) is 1.